The number of sulfonamides is 1. The lowest BCUT2D eigenvalue weighted by Crippen LogP contribution is -2.51. The van der Waals surface area contributed by atoms with Crippen LogP contribution in [0.15, 0.2) is 54.6 Å². The van der Waals surface area contributed by atoms with Crippen molar-refractivity contribution >= 4 is 21.6 Å². The van der Waals surface area contributed by atoms with E-state index in [9.17, 15) is 13.2 Å². The minimum atomic E-state index is -3.51. The smallest absolute Gasteiger partial charge is 0.263 e. The Labute approximate surface area is 160 Å². The molecule has 0 unspecified atom stereocenters. The van der Waals surface area contributed by atoms with Crippen LogP contribution in [0, 0.1) is 0 Å². The minimum absolute atomic E-state index is 0.0375. The van der Waals surface area contributed by atoms with Crippen molar-refractivity contribution < 1.29 is 17.9 Å². The molecule has 0 spiro atoms. The summed E-state index contributed by atoms with van der Waals surface area (Å²) in [7, 11) is -3.51. The Bertz CT molecular complexity index is 899. The van der Waals surface area contributed by atoms with Gasteiger partial charge in [-0.3, -0.25) is 9.10 Å². The maximum atomic E-state index is 12.9. The number of nitrogens with one attached hydrogen (secondary N) is 1. The highest BCUT2D eigenvalue weighted by Gasteiger charge is 2.36. The number of rotatable bonds is 6. The quantitative estimate of drug-likeness (QED) is 0.826. The second-order valence-electron chi connectivity index (χ2n) is 6.39. The second-order valence-corrected chi connectivity index (χ2v) is 8.57. The molecule has 2 atom stereocenters. The molecule has 7 heteroatoms. The number of hydrogen-bond acceptors (Lipinski definition) is 4. The number of hydrogen-bond donors (Lipinski definition) is 1. The summed E-state index contributed by atoms with van der Waals surface area (Å²) in [4.78, 5) is 12.9. The monoisotopic (exact) mass is 388 g/mol. The molecule has 0 saturated carbocycles. The van der Waals surface area contributed by atoms with Crippen LogP contribution in [0.5, 0.6) is 5.75 Å². The summed E-state index contributed by atoms with van der Waals surface area (Å²) in [6, 6.07) is 16.4. The van der Waals surface area contributed by atoms with E-state index in [1.54, 1.807) is 31.2 Å². The SMILES string of the molecule is CC[C@H](NC(=O)[C@H]1CN(S(=O)(=O)CC)c2ccccc2O1)c1ccccc1. The molecule has 0 radical (unpaired) electrons. The Morgan fingerprint density at radius 2 is 1.81 bits per heavy atom. The molecule has 3 rings (SSSR count). The van der Waals surface area contributed by atoms with E-state index in [2.05, 4.69) is 5.32 Å². The number of ether oxygens (including phenoxy) is 1. The molecule has 0 aliphatic carbocycles. The van der Waals surface area contributed by atoms with Gasteiger partial charge in [-0.05, 0) is 31.0 Å². The fraction of sp³-hybridized carbons (Fsp3) is 0.350. The molecule has 0 saturated heterocycles. The molecule has 1 N–H and O–H groups in total. The zero-order valence-electron chi connectivity index (χ0n) is 15.5. The Hall–Kier alpha value is -2.54. The van der Waals surface area contributed by atoms with Gasteiger partial charge in [-0.15, -0.1) is 0 Å². The van der Waals surface area contributed by atoms with Gasteiger partial charge >= 0.3 is 0 Å². The van der Waals surface area contributed by atoms with Crippen LogP contribution in [0.25, 0.3) is 0 Å². The molecule has 1 heterocycles. The summed E-state index contributed by atoms with van der Waals surface area (Å²) in [6.07, 6.45) is -0.185. The summed E-state index contributed by atoms with van der Waals surface area (Å²) >= 11 is 0. The number of carbonyl (C=O) groups excluding carboxylic acids is 1. The third-order valence-corrected chi connectivity index (χ3v) is 6.40. The fourth-order valence-corrected chi connectivity index (χ4v) is 4.25. The first-order chi connectivity index (χ1) is 13.0. The summed E-state index contributed by atoms with van der Waals surface area (Å²) in [5.41, 5.74) is 1.47. The first-order valence-electron chi connectivity index (χ1n) is 9.07. The third-order valence-electron chi connectivity index (χ3n) is 4.65. The van der Waals surface area contributed by atoms with E-state index in [1.165, 1.54) is 4.31 Å². The van der Waals surface area contributed by atoms with Crippen molar-refractivity contribution in [3.05, 3.63) is 60.2 Å². The lowest BCUT2D eigenvalue weighted by Gasteiger charge is -2.35. The second kappa shape index (κ2) is 8.00. The Kier molecular flexibility index (Phi) is 5.70. The van der Waals surface area contributed by atoms with Crippen LogP contribution in [0.1, 0.15) is 31.9 Å². The van der Waals surface area contributed by atoms with E-state index in [0.717, 1.165) is 12.0 Å². The number of nitrogens with zero attached hydrogens (tertiary/aromatic N) is 1. The summed E-state index contributed by atoms with van der Waals surface area (Å²) in [6.45, 7) is 3.54. The first-order valence-corrected chi connectivity index (χ1v) is 10.7. The number of anilines is 1. The van der Waals surface area contributed by atoms with Crippen LogP contribution in [0.3, 0.4) is 0 Å². The lowest BCUT2D eigenvalue weighted by atomic mass is 10.0. The van der Waals surface area contributed by atoms with Gasteiger partial charge in [-0.1, -0.05) is 49.4 Å². The zero-order chi connectivity index (χ0) is 19.4. The molecule has 0 bridgehead atoms. The highest BCUT2D eigenvalue weighted by molar-refractivity contribution is 7.92. The minimum Gasteiger partial charge on any atom is -0.476 e. The molecular weight excluding hydrogens is 364 g/mol. The van der Waals surface area contributed by atoms with Gasteiger partial charge < -0.3 is 10.1 Å². The van der Waals surface area contributed by atoms with Crippen molar-refractivity contribution in [1.29, 1.82) is 0 Å². The summed E-state index contributed by atoms with van der Waals surface area (Å²) in [5.74, 6) is 0.0299. The lowest BCUT2D eigenvalue weighted by molar-refractivity contribution is -0.128. The molecule has 6 nitrogen and oxygen atoms in total. The standard InChI is InChI=1S/C20H24N2O4S/c1-3-16(15-10-6-5-7-11-15)21-20(23)19-14-22(27(24,25)4-2)17-12-8-9-13-18(17)26-19/h5-13,16,19H,3-4,14H2,1-2H3,(H,21,23)/t16-,19+/m0/s1. The highest BCUT2D eigenvalue weighted by atomic mass is 32.2. The van der Waals surface area contributed by atoms with Crippen molar-refractivity contribution in [2.75, 3.05) is 16.6 Å². The Balaban J connectivity index is 1.84. The molecular formula is C20H24N2O4S. The van der Waals surface area contributed by atoms with Crippen molar-refractivity contribution in [3.8, 4) is 5.75 Å². The topological polar surface area (TPSA) is 75.7 Å². The fourth-order valence-electron chi connectivity index (χ4n) is 3.13. The molecule has 1 aliphatic rings. The largest absolute Gasteiger partial charge is 0.476 e. The number of carbonyl (C=O) groups is 1. The average Bonchev–Trinajstić information content (AvgIpc) is 2.71. The first kappa shape index (κ1) is 19.2. The van der Waals surface area contributed by atoms with Gasteiger partial charge in [0, 0.05) is 0 Å². The molecule has 1 aliphatic heterocycles. The van der Waals surface area contributed by atoms with Gasteiger partial charge in [0.05, 0.1) is 24.0 Å². The van der Waals surface area contributed by atoms with Crippen molar-refractivity contribution in [3.63, 3.8) is 0 Å². The molecule has 144 valence electrons. The maximum absolute atomic E-state index is 12.9. The third kappa shape index (κ3) is 4.08. The van der Waals surface area contributed by atoms with Gasteiger partial charge in [0.25, 0.3) is 5.91 Å². The van der Waals surface area contributed by atoms with E-state index in [0.29, 0.717) is 11.4 Å². The van der Waals surface area contributed by atoms with Gasteiger partial charge in [0.1, 0.15) is 5.75 Å². The molecule has 2 aromatic rings. The van der Waals surface area contributed by atoms with E-state index in [-0.39, 0.29) is 24.2 Å². The van der Waals surface area contributed by atoms with Crippen molar-refractivity contribution in [2.24, 2.45) is 0 Å². The summed E-state index contributed by atoms with van der Waals surface area (Å²) in [5, 5.41) is 2.99. The molecule has 0 aromatic heterocycles. The number of benzene rings is 2. The molecule has 27 heavy (non-hydrogen) atoms. The number of fused-ring (bicyclic) bond motifs is 1. The van der Waals surface area contributed by atoms with Crippen LogP contribution in [-0.2, 0) is 14.8 Å². The predicted molar refractivity (Wildman–Crippen MR) is 105 cm³/mol. The van der Waals surface area contributed by atoms with Gasteiger partial charge in [-0.25, -0.2) is 8.42 Å². The van der Waals surface area contributed by atoms with Crippen LogP contribution in [-0.4, -0.2) is 32.7 Å². The van der Waals surface area contributed by atoms with Crippen molar-refractivity contribution in [1.82, 2.24) is 5.32 Å². The average molecular weight is 388 g/mol. The molecule has 0 fully saturated rings. The Morgan fingerprint density at radius 1 is 1.15 bits per heavy atom. The van der Waals surface area contributed by atoms with Gasteiger partial charge in [0.15, 0.2) is 6.10 Å². The highest BCUT2D eigenvalue weighted by Crippen LogP contribution is 2.35. The normalized spacial score (nSPS) is 17.6. The van der Waals surface area contributed by atoms with Crippen LogP contribution >= 0.6 is 0 Å². The number of amides is 1. The zero-order valence-corrected chi connectivity index (χ0v) is 16.3. The van der Waals surface area contributed by atoms with Crippen LogP contribution < -0.4 is 14.4 Å². The number of para-hydroxylation sites is 2. The van der Waals surface area contributed by atoms with Gasteiger partial charge in [0.2, 0.25) is 10.0 Å². The molecule has 1 amide bonds. The summed E-state index contributed by atoms with van der Waals surface area (Å²) < 4.78 is 32.2. The Morgan fingerprint density at radius 3 is 2.48 bits per heavy atom. The van der Waals surface area contributed by atoms with E-state index in [1.807, 2.05) is 37.3 Å². The predicted octanol–water partition coefficient (Wildman–Crippen LogP) is 2.87. The van der Waals surface area contributed by atoms with Crippen molar-refractivity contribution in [2.45, 2.75) is 32.4 Å². The van der Waals surface area contributed by atoms with E-state index in [4.69, 9.17) is 4.74 Å². The maximum Gasteiger partial charge on any atom is 0.263 e. The van der Waals surface area contributed by atoms with Gasteiger partial charge in [-0.2, -0.15) is 0 Å². The van der Waals surface area contributed by atoms with Crippen LogP contribution in [0.4, 0.5) is 5.69 Å². The van der Waals surface area contributed by atoms with Crippen LogP contribution in [0.2, 0.25) is 0 Å². The van der Waals surface area contributed by atoms with E-state index < -0.39 is 16.1 Å². The van der Waals surface area contributed by atoms with E-state index >= 15 is 0 Å². The molecule has 2 aromatic carbocycles.